The second-order valence-electron chi connectivity index (χ2n) is 5.94. The Kier molecular flexibility index (Phi) is 3.93. The van der Waals surface area contributed by atoms with Gasteiger partial charge in [-0.15, -0.1) is 0 Å². The van der Waals surface area contributed by atoms with E-state index in [1.165, 1.54) is 0 Å². The molecular formula is C17H15BrN2O3. The fraction of sp³-hybridized carbons (Fsp3) is 0.235. The van der Waals surface area contributed by atoms with E-state index < -0.39 is 11.5 Å². The van der Waals surface area contributed by atoms with Crippen LogP contribution < -0.4 is 0 Å². The molecule has 3 rings (SSSR count). The third-order valence-electron chi connectivity index (χ3n) is 3.87. The molecule has 1 aliphatic rings. The molecule has 23 heavy (non-hydrogen) atoms. The summed E-state index contributed by atoms with van der Waals surface area (Å²) in [5, 5.41) is 4.14. The van der Waals surface area contributed by atoms with E-state index in [-0.39, 0.29) is 5.78 Å². The number of aromatic nitrogens is 1. The number of oxime groups is 1. The van der Waals surface area contributed by atoms with Crippen LogP contribution in [0, 0.1) is 5.92 Å². The molecule has 0 aliphatic carbocycles. The van der Waals surface area contributed by atoms with Gasteiger partial charge in [-0.05, 0) is 32.0 Å². The van der Waals surface area contributed by atoms with Gasteiger partial charge in [0.05, 0.1) is 5.69 Å². The largest absolute Gasteiger partial charge is 0.388 e. The number of nitrogens with one attached hydrogen (secondary N) is 1. The summed E-state index contributed by atoms with van der Waals surface area (Å²) in [5.74, 6) is -0.669. The summed E-state index contributed by atoms with van der Waals surface area (Å²) >= 11 is 3.39. The predicted molar refractivity (Wildman–Crippen MR) is 89.8 cm³/mol. The van der Waals surface area contributed by atoms with E-state index >= 15 is 0 Å². The molecule has 1 N–H and O–H groups in total. The summed E-state index contributed by atoms with van der Waals surface area (Å²) in [7, 11) is 0. The first-order valence-electron chi connectivity index (χ1n) is 7.12. The Morgan fingerprint density at radius 3 is 2.65 bits per heavy atom. The Labute approximate surface area is 141 Å². The van der Waals surface area contributed by atoms with Crippen LogP contribution in [0.2, 0.25) is 0 Å². The zero-order valence-electron chi connectivity index (χ0n) is 12.7. The fourth-order valence-corrected chi connectivity index (χ4v) is 2.93. The van der Waals surface area contributed by atoms with Crippen molar-refractivity contribution in [3.63, 3.8) is 0 Å². The monoisotopic (exact) mass is 374 g/mol. The van der Waals surface area contributed by atoms with Crippen molar-refractivity contribution in [3.8, 4) is 0 Å². The summed E-state index contributed by atoms with van der Waals surface area (Å²) < 4.78 is 0.948. The number of ketones is 1. The highest BCUT2D eigenvalue weighted by Crippen LogP contribution is 2.35. The topological polar surface area (TPSA) is 71.5 Å². The number of hydrogen-bond donors (Lipinski definition) is 1. The molecule has 1 unspecified atom stereocenters. The summed E-state index contributed by atoms with van der Waals surface area (Å²) in [6.07, 6.45) is 2.22. The number of H-pyrrole nitrogens is 1. The van der Waals surface area contributed by atoms with Crippen molar-refractivity contribution in [3.05, 3.63) is 57.8 Å². The Bertz CT molecular complexity index is 790. The minimum Gasteiger partial charge on any atom is -0.388 e. The van der Waals surface area contributed by atoms with Crippen molar-refractivity contribution in [1.82, 2.24) is 4.98 Å². The van der Waals surface area contributed by atoms with Crippen molar-refractivity contribution >= 4 is 33.7 Å². The maximum Gasteiger partial charge on any atom is 0.177 e. The molecular weight excluding hydrogens is 360 g/mol. The molecule has 2 heterocycles. The van der Waals surface area contributed by atoms with Gasteiger partial charge in [0.2, 0.25) is 0 Å². The van der Waals surface area contributed by atoms with Crippen LogP contribution >= 0.6 is 15.9 Å². The number of hydrogen-bond acceptors (Lipinski definition) is 4. The van der Waals surface area contributed by atoms with Gasteiger partial charge in [0, 0.05) is 21.8 Å². The third kappa shape index (κ3) is 2.86. The molecule has 1 atom stereocenters. The van der Waals surface area contributed by atoms with Crippen LogP contribution in [0.5, 0.6) is 0 Å². The predicted octanol–water partition coefficient (Wildman–Crippen LogP) is 3.60. The van der Waals surface area contributed by atoms with Crippen molar-refractivity contribution in [2.24, 2.45) is 11.1 Å². The lowest BCUT2D eigenvalue weighted by atomic mass is 9.80. The Morgan fingerprint density at radius 1 is 1.35 bits per heavy atom. The van der Waals surface area contributed by atoms with E-state index in [0.717, 1.165) is 10.0 Å². The molecule has 6 heteroatoms. The number of carbonyl (C=O) groups excluding carboxylic acids is 2. The van der Waals surface area contributed by atoms with Crippen LogP contribution in [0.3, 0.4) is 0 Å². The maximum absolute atomic E-state index is 12.9. The second kappa shape index (κ2) is 5.77. The van der Waals surface area contributed by atoms with Crippen LogP contribution in [0.15, 0.2) is 46.2 Å². The first kappa shape index (κ1) is 15.7. The molecule has 0 fully saturated rings. The fourth-order valence-electron chi connectivity index (χ4n) is 2.67. The number of benzene rings is 1. The highest BCUT2D eigenvalue weighted by molar-refractivity contribution is 9.10. The molecule has 0 saturated heterocycles. The first-order chi connectivity index (χ1) is 10.9. The standard InChI is InChI=1S/C17H15BrN2O3/c1-17(2)14(16(22)11-7-13(9-21)19-8-11)15(20-23-17)10-3-5-12(18)6-4-10/h3-9,14,19H,1-2H3. The van der Waals surface area contributed by atoms with E-state index in [4.69, 9.17) is 4.84 Å². The van der Waals surface area contributed by atoms with Gasteiger partial charge in [-0.1, -0.05) is 33.2 Å². The first-order valence-corrected chi connectivity index (χ1v) is 7.91. The van der Waals surface area contributed by atoms with Crippen molar-refractivity contribution in [1.29, 1.82) is 0 Å². The Hall–Kier alpha value is -2.21. The zero-order chi connectivity index (χ0) is 16.6. The third-order valence-corrected chi connectivity index (χ3v) is 4.40. The Balaban J connectivity index is 1.99. The number of aldehydes is 1. The number of rotatable bonds is 4. The van der Waals surface area contributed by atoms with E-state index in [9.17, 15) is 9.59 Å². The summed E-state index contributed by atoms with van der Waals surface area (Å²) in [6, 6.07) is 9.11. The number of aromatic amines is 1. The number of nitrogens with zero attached hydrogens (tertiary/aromatic N) is 1. The average Bonchev–Trinajstić information content (AvgIpc) is 3.11. The maximum atomic E-state index is 12.9. The van der Waals surface area contributed by atoms with E-state index in [1.54, 1.807) is 12.3 Å². The number of Topliss-reactive ketones (excluding diaryl/α,β-unsaturated/α-hetero) is 1. The highest BCUT2D eigenvalue weighted by Gasteiger charge is 2.46. The van der Waals surface area contributed by atoms with Gasteiger partial charge in [-0.2, -0.15) is 0 Å². The second-order valence-corrected chi connectivity index (χ2v) is 6.85. The minimum absolute atomic E-state index is 0.126. The highest BCUT2D eigenvalue weighted by atomic mass is 79.9. The van der Waals surface area contributed by atoms with Gasteiger partial charge in [0.25, 0.3) is 0 Å². The Morgan fingerprint density at radius 2 is 2.04 bits per heavy atom. The van der Waals surface area contributed by atoms with Gasteiger partial charge in [-0.25, -0.2) is 0 Å². The molecule has 0 amide bonds. The number of halogens is 1. The lowest BCUT2D eigenvalue weighted by Gasteiger charge is -2.23. The molecule has 1 aliphatic heterocycles. The van der Waals surface area contributed by atoms with E-state index in [1.807, 2.05) is 38.1 Å². The van der Waals surface area contributed by atoms with Gasteiger partial charge >= 0.3 is 0 Å². The summed E-state index contributed by atoms with van der Waals surface area (Å²) in [4.78, 5) is 32.0. The molecule has 118 valence electrons. The molecule has 0 saturated carbocycles. The molecule has 0 radical (unpaired) electrons. The van der Waals surface area contributed by atoms with Crippen LogP contribution in [0.25, 0.3) is 0 Å². The van der Waals surface area contributed by atoms with Gasteiger partial charge in [0.1, 0.15) is 17.2 Å². The van der Waals surface area contributed by atoms with Crippen LogP contribution in [-0.2, 0) is 4.84 Å². The van der Waals surface area contributed by atoms with E-state index in [0.29, 0.717) is 23.3 Å². The minimum atomic E-state index is -0.752. The van der Waals surface area contributed by atoms with Crippen molar-refractivity contribution in [2.45, 2.75) is 19.4 Å². The quantitative estimate of drug-likeness (QED) is 0.656. The molecule has 2 aromatic rings. The SMILES string of the molecule is CC1(C)ON=C(c2ccc(Br)cc2)C1C(=O)c1c[nH]c(C=O)c1. The lowest BCUT2D eigenvalue weighted by Crippen LogP contribution is -2.39. The van der Waals surface area contributed by atoms with Crippen molar-refractivity contribution < 1.29 is 14.4 Å². The summed E-state index contributed by atoms with van der Waals surface area (Å²) in [5.41, 5.74) is 1.50. The molecule has 0 bridgehead atoms. The van der Waals surface area contributed by atoms with E-state index in [2.05, 4.69) is 26.1 Å². The molecule has 5 nitrogen and oxygen atoms in total. The molecule has 1 aromatic heterocycles. The van der Waals surface area contributed by atoms with Crippen molar-refractivity contribution in [2.75, 3.05) is 0 Å². The molecule has 1 aromatic carbocycles. The zero-order valence-corrected chi connectivity index (χ0v) is 14.3. The molecule has 0 spiro atoms. The smallest absolute Gasteiger partial charge is 0.177 e. The number of carbonyl (C=O) groups is 2. The van der Waals surface area contributed by atoms with Gasteiger partial charge in [0.15, 0.2) is 12.1 Å². The van der Waals surface area contributed by atoms with Crippen LogP contribution in [0.1, 0.15) is 40.3 Å². The average molecular weight is 375 g/mol. The van der Waals surface area contributed by atoms with Crippen LogP contribution in [0.4, 0.5) is 0 Å². The van der Waals surface area contributed by atoms with Gasteiger partial charge < -0.3 is 9.82 Å². The summed E-state index contributed by atoms with van der Waals surface area (Å²) in [6.45, 7) is 3.66. The normalized spacial score (nSPS) is 19.1. The van der Waals surface area contributed by atoms with Gasteiger partial charge in [-0.3, -0.25) is 9.59 Å². The van der Waals surface area contributed by atoms with Crippen LogP contribution in [-0.4, -0.2) is 28.4 Å². The lowest BCUT2D eigenvalue weighted by molar-refractivity contribution is -0.00969.